The molecule has 114 valence electrons. The second-order valence-electron chi connectivity index (χ2n) is 6.89. The van der Waals surface area contributed by atoms with Crippen LogP contribution in [0.3, 0.4) is 0 Å². The molecule has 0 saturated carbocycles. The van der Waals surface area contributed by atoms with E-state index in [1.54, 1.807) is 0 Å². The summed E-state index contributed by atoms with van der Waals surface area (Å²) in [6.45, 7) is 10.7. The van der Waals surface area contributed by atoms with Gasteiger partial charge < -0.3 is 10.6 Å². The van der Waals surface area contributed by atoms with Crippen molar-refractivity contribution >= 4 is 0 Å². The molecule has 0 amide bonds. The minimum Gasteiger partial charge on any atom is -0.320 e. The molecule has 0 radical (unpaired) electrons. The molecule has 1 heterocycles. The van der Waals surface area contributed by atoms with Crippen LogP contribution in [0, 0.1) is 0 Å². The Morgan fingerprint density at radius 2 is 1.95 bits per heavy atom. The number of fused-ring (bicyclic) bond motifs is 1. The second-order valence-corrected chi connectivity index (χ2v) is 6.89. The van der Waals surface area contributed by atoms with E-state index in [1.807, 2.05) is 0 Å². The van der Waals surface area contributed by atoms with Gasteiger partial charge in [-0.15, -0.1) is 6.58 Å². The van der Waals surface area contributed by atoms with Crippen LogP contribution in [0.15, 0.2) is 36.4 Å². The molecule has 2 atom stereocenters. The van der Waals surface area contributed by atoms with Crippen LogP contribution in [0.5, 0.6) is 0 Å². The first-order valence-electron chi connectivity index (χ1n) is 7.95. The summed E-state index contributed by atoms with van der Waals surface area (Å²) in [5.74, 6) is 0. The van der Waals surface area contributed by atoms with Crippen LogP contribution in [0.2, 0.25) is 0 Å². The van der Waals surface area contributed by atoms with E-state index >= 15 is 0 Å². The van der Waals surface area contributed by atoms with Crippen molar-refractivity contribution in [2.24, 2.45) is 5.73 Å². The molecule has 1 aromatic rings. The Bertz CT molecular complexity index is 531. The van der Waals surface area contributed by atoms with E-state index in [2.05, 4.69) is 54.6 Å². The standard InChI is InChI=1S/C18H27N3/c1-14(2)13-18(19)16-7-5-4-6-15(16)12-17(18)21-10-8-20(3)9-11-21/h4-7,17H,1,8-13,19H2,2-3H3. The van der Waals surface area contributed by atoms with Gasteiger partial charge in [0.05, 0.1) is 5.54 Å². The SMILES string of the molecule is C=C(C)CC1(N)c2ccccc2CC1N1CCN(C)CC1. The smallest absolute Gasteiger partial charge is 0.0610 e. The van der Waals surface area contributed by atoms with E-state index in [0.29, 0.717) is 6.04 Å². The van der Waals surface area contributed by atoms with Crippen molar-refractivity contribution in [2.75, 3.05) is 33.2 Å². The van der Waals surface area contributed by atoms with Gasteiger partial charge in [-0.25, -0.2) is 0 Å². The van der Waals surface area contributed by atoms with Crippen LogP contribution < -0.4 is 5.73 Å². The number of hydrogen-bond acceptors (Lipinski definition) is 3. The normalized spacial score (nSPS) is 30.3. The average Bonchev–Trinajstić information content (AvgIpc) is 2.73. The molecule has 2 unspecified atom stereocenters. The lowest BCUT2D eigenvalue weighted by Gasteiger charge is -2.43. The summed E-state index contributed by atoms with van der Waals surface area (Å²) in [6, 6.07) is 9.11. The van der Waals surface area contributed by atoms with Crippen LogP contribution in [-0.2, 0) is 12.0 Å². The van der Waals surface area contributed by atoms with E-state index in [1.165, 1.54) is 16.7 Å². The predicted molar refractivity (Wildman–Crippen MR) is 88.3 cm³/mol. The summed E-state index contributed by atoms with van der Waals surface area (Å²) in [5.41, 5.74) is 10.6. The molecule has 0 spiro atoms. The van der Waals surface area contributed by atoms with Crippen molar-refractivity contribution in [3.8, 4) is 0 Å². The summed E-state index contributed by atoms with van der Waals surface area (Å²) < 4.78 is 0. The molecule has 0 aromatic heterocycles. The molecule has 3 heteroatoms. The summed E-state index contributed by atoms with van der Waals surface area (Å²) in [6.07, 6.45) is 1.95. The number of benzene rings is 1. The molecule has 0 bridgehead atoms. The Morgan fingerprint density at radius 1 is 1.29 bits per heavy atom. The highest BCUT2D eigenvalue weighted by Crippen LogP contribution is 2.41. The zero-order valence-electron chi connectivity index (χ0n) is 13.3. The molecule has 1 aliphatic carbocycles. The summed E-state index contributed by atoms with van der Waals surface area (Å²) in [5, 5.41) is 0. The zero-order chi connectivity index (χ0) is 15.0. The van der Waals surface area contributed by atoms with Gasteiger partial charge in [0.1, 0.15) is 0 Å². The number of rotatable bonds is 3. The van der Waals surface area contributed by atoms with Gasteiger partial charge in [0.2, 0.25) is 0 Å². The minimum atomic E-state index is -0.279. The Kier molecular flexibility index (Phi) is 3.91. The van der Waals surface area contributed by atoms with Gasteiger partial charge in [-0.05, 0) is 37.9 Å². The Labute approximate surface area is 128 Å². The first-order valence-corrected chi connectivity index (χ1v) is 7.95. The fraction of sp³-hybridized carbons (Fsp3) is 0.556. The lowest BCUT2D eigenvalue weighted by molar-refractivity contribution is 0.0745. The van der Waals surface area contributed by atoms with Crippen LogP contribution in [0.4, 0.5) is 0 Å². The molecule has 21 heavy (non-hydrogen) atoms. The molecule has 1 aromatic carbocycles. The molecule has 3 rings (SSSR count). The van der Waals surface area contributed by atoms with E-state index < -0.39 is 0 Å². The first kappa shape index (κ1) is 14.8. The number of nitrogens with two attached hydrogens (primary N) is 1. The highest BCUT2D eigenvalue weighted by Gasteiger charge is 2.46. The van der Waals surface area contributed by atoms with Crippen molar-refractivity contribution in [3.63, 3.8) is 0 Å². The Hall–Kier alpha value is -1.16. The van der Waals surface area contributed by atoms with Crippen molar-refractivity contribution < 1.29 is 0 Å². The maximum atomic E-state index is 6.97. The van der Waals surface area contributed by atoms with Crippen molar-refractivity contribution in [3.05, 3.63) is 47.5 Å². The largest absolute Gasteiger partial charge is 0.320 e. The van der Waals surface area contributed by atoms with Gasteiger partial charge in [0.25, 0.3) is 0 Å². The highest BCUT2D eigenvalue weighted by molar-refractivity contribution is 5.42. The highest BCUT2D eigenvalue weighted by atomic mass is 15.3. The number of nitrogens with zero attached hydrogens (tertiary/aromatic N) is 2. The zero-order valence-corrected chi connectivity index (χ0v) is 13.3. The minimum absolute atomic E-state index is 0.279. The topological polar surface area (TPSA) is 32.5 Å². The third kappa shape index (κ3) is 2.66. The molecule has 3 nitrogen and oxygen atoms in total. The first-order chi connectivity index (χ1) is 10.0. The van der Waals surface area contributed by atoms with Crippen LogP contribution >= 0.6 is 0 Å². The lowest BCUT2D eigenvalue weighted by atomic mass is 9.83. The van der Waals surface area contributed by atoms with Gasteiger partial charge >= 0.3 is 0 Å². The molecule has 1 aliphatic heterocycles. The van der Waals surface area contributed by atoms with Crippen molar-refractivity contribution in [1.29, 1.82) is 0 Å². The Balaban J connectivity index is 1.91. The second kappa shape index (κ2) is 5.56. The maximum absolute atomic E-state index is 6.97. The maximum Gasteiger partial charge on any atom is 0.0610 e. The number of piperazine rings is 1. The third-order valence-electron chi connectivity index (χ3n) is 5.10. The van der Waals surface area contributed by atoms with E-state index in [0.717, 1.165) is 39.0 Å². The van der Waals surface area contributed by atoms with Gasteiger partial charge in [0.15, 0.2) is 0 Å². The lowest BCUT2D eigenvalue weighted by Crippen LogP contribution is -2.58. The van der Waals surface area contributed by atoms with Crippen LogP contribution in [-0.4, -0.2) is 49.1 Å². The van der Waals surface area contributed by atoms with E-state index in [9.17, 15) is 0 Å². The van der Waals surface area contributed by atoms with Crippen LogP contribution in [0.25, 0.3) is 0 Å². The molecule has 2 aliphatic rings. The molecular weight excluding hydrogens is 258 g/mol. The fourth-order valence-electron chi connectivity index (χ4n) is 4.02. The predicted octanol–water partition coefficient (Wildman–Crippen LogP) is 1.98. The summed E-state index contributed by atoms with van der Waals surface area (Å²) >= 11 is 0. The van der Waals surface area contributed by atoms with E-state index in [4.69, 9.17) is 5.73 Å². The van der Waals surface area contributed by atoms with Crippen LogP contribution in [0.1, 0.15) is 24.5 Å². The fourth-order valence-corrected chi connectivity index (χ4v) is 4.02. The molecule has 2 N–H and O–H groups in total. The van der Waals surface area contributed by atoms with Gasteiger partial charge in [-0.2, -0.15) is 0 Å². The quantitative estimate of drug-likeness (QED) is 0.862. The van der Waals surface area contributed by atoms with Crippen molar-refractivity contribution in [1.82, 2.24) is 9.80 Å². The number of hydrogen-bond donors (Lipinski definition) is 1. The summed E-state index contributed by atoms with van der Waals surface area (Å²) in [7, 11) is 2.20. The number of likely N-dealkylation sites (N-methyl/N-ethyl adjacent to an activating group) is 1. The van der Waals surface area contributed by atoms with Gasteiger partial charge in [-0.3, -0.25) is 4.90 Å². The van der Waals surface area contributed by atoms with Gasteiger partial charge in [0, 0.05) is 32.2 Å². The molecule has 1 fully saturated rings. The Morgan fingerprint density at radius 3 is 2.62 bits per heavy atom. The van der Waals surface area contributed by atoms with Crippen molar-refractivity contribution in [2.45, 2.75) is 31.3 Å². The molecular formula is C18H27N3. The third-order valence-corrected chi connectivity index (χ3v) is 5.10. The average molecular weight is 285 g/mol. The van der Waals surface area contributed by atoms with E-state index in [-0.39, 0.29) is 5.54 Å². The monoisotopic (exact) mass is 285 g/mol. The van der Waals surface area contributed by atoms with Gasteiger partial charge in [-0.1, -0.05) is 29.8 Å². The molecule has 1 saturated heterocycles. The summed E-state index contributed by atoms with van der Waals surface area (Å²) in [4.78, 5) is 5.00.